The van der Waals surface area contributed by atoms with Gasteiger partial charge in [0.25, 0.3) is 0 Å². The van der Waals surface area contributed by atoms with Crippen LogP contribution in [0.5, 0.6) is 11.5 Å². The van der Waals surface area contributed by atoms with Gasteiger partial charge in [-0.2, -0.15) is 0 Å². The van der Waals surface area contributed by atoms with Gasteiger partial charge in [0.15, 0.2) is 0 Å². The van der Waals surface area contributed by atoms with Crippen LogP contribution in [0, 0.1) is 0 Å². The Kier molecular flexibility index (Phi) is 6.96. The Balaban J connectivity index is 0.00000324. The highest BCUT2D eigenvalue weighted by Crippen LogP contribution is 2.31. The zero-order chi connectivity index (χ0) is 13.8. The van der Waals surface area contributed by atoms with E-state index in [1.54, 1.807) is 0 Å². The molecule has 0 saturated carbocycles. The fraction of sp³-hybridized carbons (Fsp3) is 0.455. The first kappa shape index (κ1) is 17.8. The molecule has 4 nitrogen and oxygen atoms in total. The Bertz CT molecular complexity index is 401. The van der Waals surface area contributed by atoms with Gasteiger partial charge in [-0.1, -0.05) is 0 Å². The molecule has 0 spiro atoms. The summed E-state index contributed by atoms with van der Waals surface area (Å²) in [6.45, 7) is -0.0762. The number of aliphatic hydroxyl groups is 1. The van der Waals surface area contributed by atoms with E-state index in [0.29, 0.717) is 12.8 Å². The minimum absolute atomic E-state index is 0. The summed E-state index contributed by atoms with van der Waals surface area (Å²) < 4.78 is 39.8. The number of alkyl halides is 3. The summed E-state index contributed by atoms with van der Waals surface area (Å²) in [7, 11) is 0. The Morgan fingerprint density at radius 1 is 1.32 bits per heavy atom. The number of nitrogens with two attached hydrogens (primary N) is 1. The summed E-state index contributed by atoms with van der Waals surface area (Å²) in [4.78, 5) is 0. The SMILES string of the molecule is Cl.N[C@@H](CCCO)c1cc(OC(F)(F)F)ccc1O. The first-order valence-corrected chi connectivity index (χ1v) is 5.28. The lowest BCUT2D eigenvalue weighted by molar-refractivity contribution is -0.274. The van der Waals surface area contributed by atoms with Gasteiger partial charge in [0.05, 0.1) is 0 Å². The van der Waals surface area contributed by atoms with Crippen LogP contribution < -0.4 is 10.5 Å². The first-order chi connectivity index (χ1) is 8.33. The highest BCUT2D eigenvalue weighted by Gasteiger charge is 2.31. The van der Waals surface area contributed by atoms with Crippen LogP contribution in [0.3, 0.4) is 0 Å². The van der Waals surface area contributed by atoms with E-state index in [9.17, 15) is 18.3 Å². The highest BCUT2D eigenvalue weighted by atomic mass is 35.5. The summed E-state index contributed by atoms with van der Waals surface area (Å²) in [6.07, 6.45) is -4.05. The molecule has 0 bridgehead atoms. The van der Waals surface area contributed by atoms with Crippen LogP contribution in [-0.2, 0) is 0 Å². The molecular formula is C11H15ClF3NO3. The van der Waals surface area contributed by atoms with Crippen LogP contribution >= 0.6 is 12.4 Å². The van der Waals surface area contributed by atoms with Crippen molar-refractivity contribution in [1.29, 1.82) is 0 Å². The van der Waals surface area contributed by atoms with E-state index in [0.717, 1.165) is 18.2 Å². The van der Waals surface area contributed by atoms with E-state index in [1.807, 2.05) is 0 Å². The largest absolute Gasteiger partial charge is 0.573 e. The van der Waals surface area contributed by atoms with Crippen LogP contribution in [-0.4, -0.2) is 23.2 Å². The standard InChI is InChI=1S/C11H14F3NO3.ClH/c12-11(13,14)18-7-3-4-10(17)8(6-7)9(15)2-1-5-16;/h3-4,6,9,16-17H,1-2,5,15H2;1H/t9-;/m0./s1. The van der Waals surface area contributed by atoms with E-state index in [4.69, 9.17) is 10.8 Å². The molecule has 1 atom stereocenters. The Hall–Kier alpha value is -1.18. The summed E-state index contributed by atoms with van der Waals surface area (Å²) in [5, 5.41) is 18.2. The van der Waals surface area contributed by atoms with Crippen molar-refractivity contribution in [1.82, 2.24) is 0 Å². The smallest absolute Gasteiger partial charge is 0.508 e. The summed E-state index contributed by atoms with van der Waals surface area (Å²) >= 11 is 0. The molecule has 0 heterocycles. The highest BCUT2D eigenvalue weighted by molar-refractivity contribution is 5.85. The van der Waals surface area contributed by atoms with E-state index in [-0.39, 0.29) is 30.3 Å². The first-order valence-electron chi connectivity index (χ1n) is 5.28. The predicted molar refractivity (Wildman–Crippen MR) is 65.3 cm³/mol. The van der Waals surface area contributed by atoms with Gasteiger partial charge in [-0.15, -0.1) is 25.6 Å². The van der Waals surface area contributed by atoms with Crippen LogP contribution in [0.4, 0.5) is 13.2 Å². The maximum atomic E-state index is 12.0. The number of phenols is 1. The molecule has 1 aromatic carbocycles. The molecule has 4 N–H and O–H groups in total. The summed E-state index contributed by atoms with van der Waals surface area (Å²) in [5.74, 6) is -0.635. The van der Waals surface area contributed by atoms with E-state index in [1.165, 1.54) is 0 Å². The fourth-order valence-electron chi connectivity index (χ4n) is 1.49. The molecule has 0 saturated heterocycles. The second-order valence-corrected chi connectivity index (χ2v) is 3.74. The van der Waals surface area contributed by atoms with Crippen molar-refractivity contribution < 1.29 is 28.1 Å². The van der Waals surface area contributed by atoms with Gasteiger partial charge in [-0.3, -0.25) is 0 Å². The van der Waals surface area contributed by atoms with Crippen molar-refractivity contribution in [2.45, 2.75) is 25.2 Å². The molecule has 0 aliphatic rings. The summed E-state index contributed by atoms with van der Waals surface area (Å²) in [5.41, 5.74) is 5.86. The van der Waals surface area contributed by atoms with Crippen LogP contribution in [0.25, 0.3) is 0 Å². The number of halogens is 4. The number of rotatable bonds is 5. The Morgan fingerprint density at radius 2 is 1.95 bits per heavy atom. The van der Waals surface area contributed by atoms with E-state index >= 15 is 0 Å². The molecule has 8 heteroatoms. The number of phenolic OH excluding ortho intramolecular Hbond substituents is 1. The van der Waals surface area contributed by atoms with Crippen molar-refractivity contribution in [3.8, 4) is 11.5 Å². The maximum absolute atomic E-state index is 12.0. The minimum atomic E-state index is -4.79. The molecule has 1 rings (SSSR count). The minimum Gasteiger partial charge on any atom is -0.508 e. The molecule has 0 fully saturated rings. The quantitative estimate of drug-likeness (QED) is 0.781. The normalized spacial score (nSPS) is 12.7. The van der Waals surface area contributed by atoms with Crippen LogP contribution in [0.1, 0.15) is 24.4 Å². The molecule has 0 aliphatic heterocycles. The van der Waals surface area contributed by atoms with Crippen molar-refractivity contribution in [3.63, 3.8) is 0 Å². The molecule has 1 aromatic rings. The van der Waals surface area contributed by atoms with Crippen molar-refractivity contribution in [2.24, 2.45) is 5.73 Å². The summed E-state index contributed by atoms with van der Waals surface area (Å²) in [6, 6.07) is 2.49. The van der Waals surface area contributed by atoms with Gasteiger partial charge in [0, 0.05) is 18.2 Å². The third-order valence-corrected chi connectivity index (χ3v) is 2.31. The van der Waals surface area contributed by atoms with Crippen LogP contribution in [0.2, 0.25) is 0 Å². The molecule has 0 aromatic heterocycles. The van der Waals surface area contributed by atoms with Gasteiger partial charge in [0.2, 0.25) is 0 Å². The fourth-order valence-corrected chi connectivity index (χ4v) is 1.49. The van der Waals surface area contributed by atoms with Crippen molar-refractivity contribution >= 4 is 12.4 Å². The van der Waals surface area contributed by atoms with Gasteiger partial charge in [-0.05, 0) is 31.0 Å². The van der Waals surface area contributed by atoms with Crippen LogP contribution in [0.15, 0.2) is 18.2 Å². The lowest BCUT2D eigenvalue weighted by atomic mass is 10.0. The van der Waals surface area contributed by atoms with E-state index < -0.39 is 18.2 Å². The maximum Gasteiger partial charge on any atom is 0.573 e. The second kappa shape index (κ2) is 7.42. The van der Waals surface area contributed by atoms with Gasteiger partial charge < -0.3 is 20.7 Å². The van der Waals surface area contributed by atoms with Gasteiger partial charge in [-0.25, -0.2) is 0 Å². The van der Waals surface area contributed by atoms with Gasteiger partial charge in [0.1, 0.15) is 11.5 Å². The lowest BCUT2D eigenvalue weighted by Crippen LogP contribution is -2.18. The average molecular weight is 302 g/mol. The number of hydrogen-bond donors (Lipinski definition) is 3. The molecule has 0 unspecified atom stereocenters. The topological polar surface area (TPSA) is 75.7 Å². The predicted octanol–water partition coefficient (Wildman–Crippen LogP) is 2.48. The number of hydrogen-bond acceptors (Lipinski definition) is 4. The average Bonchev–Trinajstić information content (AvgIpc) is 2.26. The number of ether oxygens (including phenoxy) is 1. The van der Waals surface area contributed by atoms with Gasteiger partial charge >= 0.3 is 6.36 Å². The van der Waals surface area contributed by atoms with Crippen molar-refractivity contribution in [3.05, 3.63) is 23.8 Å². The third kappa shape index (κ3) is 6.00. The second-order valence-electron chi connectivity index (χ2n) is 3.74. The number of aromatic hydroxyl groups is 1. The molecular weight excluding hydrogens is 287 g/mol. The van der Waals surface area contributed by atoms with E-state index in [2.05, 4.69) is 4.74 Å². The molecule has 0 radical (unpaired) electrons. The third-order valence-electron chi connectivity index (χ3n) is 2.31. The Labute approximate surface area is 114 Å². The van der Waals surface area contributed by atoms with Crippen molar-refractivity contribution in [2.75, 3.05) is 6.61 Å². The lowest BCUT2D eigenvalue weighted by Gasteiger charge is -2.15. The zero-order valence-electron chi connectivity index (χ0n) is 9.85. The molecule has 0 amide bonds. The number of aliphatic hydroxyl groups excluding tert-OH is 1. The monoisotopic (exact) mass is 301 g/mol. The number of benzene rings is 1. The molecule has 19 heavy (non-hydrogen) atoms. The zero-order valence-corrected chi connectivity index (χ0v) is 10.7. The molecule has 0 aliphatic carbocycles. The Morgan fingerprint density at radius 3 is 2.47 bits per heavy atom. The molecule has 110 valence electrons.